The maximum Gasteiger partial charge on any atom is 0.191 e. The standard InChI is InChI=1S/C20H27N3O3S/c1-4-26-19-8-6-5-7-17(19)15-23-20(21-2)22-14-13-16-9-11-18(12-10-16)27(3,24)25/h5-12H,4,13-15H2,1-3H3,(H2,21,22,23). The van der Waals surface area contributed by atoms with Gasteiger partial charge in [0, 0.05) is 32.0 Å². The van der Waals surface area contributed by atoms with Crippen LogP contribution in [0.25, 0.3) is 0 Å². The van der Waals surface area contributed by atoms with Crippen LogP contribution in [0.15, 0.2) is 58.4 Å². The highest BCUT2D eigenvalue weighted by Crippen LogP contribution is 2.17. The Hall–Kier alpha value is -2.54. The van der Waals surface area contributed by atoms with E-state index in [-0.39, 0.29) is 0 Å². The number of hydrogen-bond acceptors (Lipinski definition) is 4. The summed E-state index contributed by atoms with van der Waals surface area (Å²) in [7, 11) is -1.43. The number of nitrogens with one attached hydrogen (secondary N) is 2. The Morgan fingerprint density at radius 1 is 1.07 bits per heavy atom. The third-order valence-corrected chi connectivity index (χ3v) is 5.13. The first kappa shape index (κ1) is 20.8. The van der Waals surface area contributed by atoms with Gasteiger partial charge in [-0.05, 0) is 37.1 Å². The molecule has 0 unspecified atom stereocenters. The molecule has 6 nitrogen and oxygen atoms in total. The van der Waals surface area contributed by atoms with Crippen molar-refractivity contribution < 1.29 is 13.2 Å². The molecule has 0 spiro atoms. The van der Waals surface area contributed by atoms with Crippen LogP contribution >= 0.6 is 0 Å². The average Bonchev–Trinajstić information content (AvgIpc) is 2.65. The second-order valence-corrected chi connectivity index (χ2v) is 8.08. The number of guanidine groups is 1. The molecule has 2 aromatic rings. The smallest absolute Gasteiger partial charge is 0.191 e. The molecule has 0 amide bonds. The highest BCUT2D eigenvalue weighted by atomic mass is 32.2. The number of rotatable bonds is 8. The van der Waals surface area contributed by atoms with Crippen molar-refractivity contribution in [3.8, 4) is 5.75 Å². The van der Waals surface area contributed by atoms with Gasteiger partial charge in [-0.15, -0.1) is 0 Å². The molecule has 0 saturated heterocycles. The largest absolute Gasteiger partial charge is 0.494 e. The monoisotopic (exact) mass is 389 g/mol. The Kier molecular flexibility index (Phi) is 7.67. The molecule has 0 bridgehead atoms. The quantitative estimate of drug-likeness (QED) is 0.535. The zero-order valence-corrected chi connectivity index (χ0v) is 16.8. The maximum atomic E-state index is 11.5. The predicted molar refractivity (Wildman–Crippen MR) is 109 cm³/mol. The van der Waals surface area contributed by atoms with Gasteiger partial charge in [0.05, 0.1) is 11.5 Å². The summed E-state index contributed by atoms with van der Waals surface area (Å²) in [5.41, 5.74) is 2.13. The molecule has 0 aliphatic heterocycles. The van der Waals surface area contributed by atoms with Gasteiger partial charge in [0.2, 0.25) is 0 Å². The van der Waals surface area contributed by atoms with Gasteiger partial charge in [0.25, 0.3) is 0 Å². The Balaban J connectivity index is 1.84. The van der Waals surface area contributed by atoms with Crippen molar-refractivity contribution in [3.05, 3.63) is 59.7 Å². The third-order valence-electron chi connectivity index (χ3n) is 4.00. The van der Waals surface area contributed by atoms with E-state index in [1.165, 1.54) is 6.26 Å². The van der Waals surface area contributed by atoms with Crippen LogP contribution in [-0.4, -0.2) is 40.8 Å². The Morgan fingerprint density at radius 2 is 1.78 bits per heavy atom. The second kappa shape index (κ2) is 9.97. The molecule has 0 heterocycles. The summed E-state index contributed by atoms with van der Waals surface area (Å²) in [5, 5.41) is 6.54. The number of aliphatic imine (C=N–C) groups is 1. The molecule has 0 fully saturated rings. The van der Waals surface area contributed by atoms with Crippen LogP contribution in [0, 0.1) is 0 Å². The number of ether oxygens (including phenoxy) is 1. The van der Waals surface area contributed by atoms with Gasteiger partial charge < -0.3 is 15.4 Å². The van der Waals surface area contributed by atoms with Crippen LogP contribution in [0.4, 0.5) is 0 Å². The van der Waals surface area contributed by atoms with Gasteiger partial charge in [-0.25, -0.2) is 8.42 Å². The fourth-order valence-electron chi connectivity index (χ4n) is 2.57. The predicted octanol–water partition coefficient (Wildman–Crippen LogP) is 2.40. The van der Waals surface area contributed by atoms with Gasteiger partial charge in [-0.1, -0.05) is 30.3 Å². The number of sulfone groups is 1. The van der Waals surface area contributed by atoms with E-state index in [2.05, 4.69) is 15.6 Å². The van der Waals surface area contributed by atoms with Crippen LogP contribution in [0.1, 0.15) is 18.1 Å². The lowest BCUT2D eigenvalue weighted by Crippen LogP contribution is -2.37. The van der Waals surface area contributed by atoms with E-state index in [9.17, 15) is 8.42 Å². The van der Waals surface area contributed by atoms with Gasteiger partial charge in [0.15, 0.2) is 15.8 Å². The second-order valence-electron chi connectivity index (χ2n) is 6.06. The SMILES string of the molecule is CCOc1ccccc1CNC(=NC)NCCc1ccc(S(C)(=O)=O)cc1. The zero-order valence-electron chi connectivity index (χ0n) is 16.0. The van der Waals surface area contributed by atoms with E-state index < -0.39 is 9.84 Å². The fraction of sp³-hybridized carbons (Fsp3) is 0.350. The number of benzene rings is 2. The van der Waals surface area contributed by atoms with Crippen LogP contribution < -0.4 is 15.4 Å². The maximum absolute atomic E-state index is 11.5. The minimum absolute atomic E-state index is 0.338. The first-order chi connectivity index (χ1) is 12.9. The molecule has 0 atom stereocenters. The summed E-state index contributed by atoms with van der Waals surface area (Å²) in [6.07, 6.45) is 1.98. The number of para-hydroxylation sites is 1. The van der Waals surface area contributed by atoms with Crippen LogP contribution in [0.5, 0.6) is 5.75 Å². The van der Waals surface area contributed by atoms with Crippen molar-refractivity contribution >= 4 is 15.8 Å². The molecular weight excluding hydrogens is 362 g/mol. The minimum atomic E-state index is -3.15. The molecule has 2 N–H and O–H groups in total. The van der Waals surface area contributed by atoms with Crippen molar-refractivity contribution in [1.29, 1.82) is 0 Å². The fourth-order valence-corrected chi connectivity index (χ4v) is 3.20. The van der Waals surface area contributed by atoms with Crippen molar-refractivity contribution in [2.45, 2.75) is 24.8 Å². The Labute approximate surface area is 161 Å². The minimum Gasteiger partial charge on any atom is -0.494 e. The molecule has 0 aliphatic carbocycles. The number of nitrogens with zero attached hydrogens (tertiary/aromatic N) is 1. The molecule has 0 saturated carbocycles. The zero-order chi connectivity index (χ0) is 19.7. The van der Waals surface area contributed by atoms with E-state index in [0.29, 0.717) is 30.6 Å². The van der Waals surface area contributed by atoms with E-state index in [1.807, 2.05) is 43.3 Å². The lowest BCUT2D eigenvalue weighted by atomic mass is 10.1. The molecule has 2 rings (SSSR count). The first-order valence-electron chi connectivity index (χ1n) is 8.88. The van der Waals surface area contributed by atoms with E-state index in [1.54, 1.807) is 19.2 Å². The van der Waals surface area contributed by atoms with E-state index >= 15 is 0 Å². The molecule has 0 aromatic heterocycles. The van der Waals surface area contributed by atoms with E-state index in [0.717, 1.165) is 23.3 Å². The molecule has 0 aliphatic rings. The molecule has 27 heavy (non-hydrogen) atoms. The number of hydrogen-bond donors (Lipinski definition) is 2. The van der Waals surface area contributed by atoms with Crippen molar-refractivity contribution in [1.82, 2.24) is 10.6 Å². The average molecular weight is 390 g/mol. The molecule has 7 heteroatoms. The lowest BCUT2D eigenvalue weighted by Gasteiger charge is -2.14. The van der Waals surface area contributed by atoms with Crippen molar-refractivity contribution in [3.63, 3.8) is 0 Å². The molecule has 2 aromatic carbocycles. The van der Waals surface area contributed by atoms with Crippen LogP contribution in [-0.2, 0) is 22.8 Å². The Bertz CT molecular complexity index is 862. The van der Waals surface area contributed by atoms with Crippen molar-refractivity contribution in [2.24, 2.45) is 4.99 Å². The van der Waals surface area contributed by atoms with Crippen LogP contribution in [0.2, 0.25) is 0 Å². The lowest BCUT2D eigenvalue weighted by molar-refractivity contribution is 0.336. The molecule has 146 valence electrons. The van der Waals surface area contributed by atoms with Gasteiger partial charge in [-0.2, -0.15) is 0 Å². The normalized spacial score (nSPS) is 11.9. The van der Waals surface area contributed by atoms with Gasteiger partial charge in [0.1, 0.15) is 5.75 Å². The Morgan fingerprint density at radius 3 is 2.41 bits per heavy atom. The highest BCUT2D eigenvalue weighted by Gasteiger charge is 2.07. The summed E-state index contributed by atoms with van der Waals surface area (Å²) < 4.78 is 28.6. The van der Waals surface area contributed by atoms with E-state index in [4.69, 9.17) is 4.74 Å². The summed E-state index contributed by atoms with van der Waals surface area (Å²) in [5.74, 6) is 1.57. The summed E-state index contributed by atoms with van der Waals surface area (Å²) in [4.78, 5) is 4.57. The summed E-state index contributed by atoms with van der Waals surface area (Å²) in [6.45, 7) is 3.89. The molecular formula is C20H27N3O3S. The van der Waals surface area contributed by atoms with Crippen molar-refractivity contribution in [2.75, 3.05) is 26.5 Å². The molecule has 0 radical (unpaired) electrons. The van der Waals surface area contributed by atoms with Crippen LogP contribution in [0.3, 0.4) is 0 Å². The third kappa shape index (κ3) is 6.60. The van der Waals surface area contributed by atoms with Gasteiger partial charge >= 0.3 is 0 Å². The first-order valence-corrected chi connectivity index (χ1v) is 10.8. The summed E-state index contributed by atoms with van der Waals surface area (Å²) >= 11 is 0. The topological polar surface area (TPSA) is 79.8 Å². The highest BCUT2D eigenvalue weighted by molar-refractivity contribution is 7.90. The summed E-state index contributed by atoms with van der Waals surface area (Å²) in [6, 6.07) is 14.9. The van der Waals surface area contributed by atoms with Gasteiger partial charge in [-0.3, -0.25) is 4.99 Å².